The van der Waals surface area contributed by atoms with Gasteiger partial charge in [-0.15, -0.1) is 0 Å². The Balaban J connectivity index is 1.62. The summed E-state index contributed by atoms with van der Waals surface area (Å²) in [5.41, 5.74) is 2.54. The number of benzene rings is 2. The van der Waals surface area contributed by atoms with Gasteiger partial charge in [0.05, 0.1) is 17.3 Å². The van der Waals surface area contributed by atoms with Crippen LogP contribution in [0.5, 0.6) is 0 Å². The van der Waals surface area contributed by atoms with E-state index in [1.807, 2.05) is 18.2 Å². The van der Waals surface area contributed by atoms with Gasteiger partial charge in [0.2, 0.25) is 5.95 Å². The highest BCUT2D eigenvalue weighted by atomic mass is 79.9. The molecule has 1 fully saturated rings. The van der Waals surface area contributed by atoms with E-state index in [-0.39, 0.29) is 17.4 Å². The Morgan fingerprint density at radius 1 is 1.20 bits per heavy atom. The molecule has 2 aromatic carbocycles. The molecule has 1 atom stereocenters. The summed E-state index contributed by atoms with van der Waals surface area (Å²) >= 11 is 3.53. The summed E-state index contributed by atoms with van der Waals surface area (Å²) in [6, 6.07) is 14.7. The van der Waals surface area contributed by atoms with Gasteiger partial charge in [0.25, 0.3) is 0 Å². The predicted molar refractivity (Wildman–Crippen MR) is 116 cm³/mol. The van der Waals surface area contributed by atoms with Crippen molar-refractivity contribution in [3.05, 3.63) is 87.4 Å². The van der Waals surface area contributed by atoms with Crippen LogP contribution in [-0.4, -0.2) is 27.6 Å². The molecule has 1 aliphatic heterocycles. The first-order valence-electron chi connectivity index (χ1n) is 9.87. The maximum Gasteiger partial charge on any atom is 0.339 e. The average Bonchev–Trinajstić information content (AvgIpc) is 3.22. The average molecular weight is 470 g/mol. The normalized spacial score (nSPS) is 16.1. The van der Waals surface area contributed by atoms with Crippen LogP contribution in [0.3, 0.4) is 0 Å². The predicted octanol–water partition coefficient (Wildman–Crippen LogP) is 5.20. The van der Waals surface area contributed by atoms with E-state index in [9.17, 15) is 14.3 Å². The maximum atomic E-state index is 13.5. The van der Waals surface area contributed by atoms with Gasteiger partial charge < -0.3 is 10.0 Å². The number of carbonyl (C=O) groups is 1. The molecule has 0 spiro atoms. The molecule has 1 saturated heterocycles. The van der Waals surface area contributed by atoms with Gasteiger partial charge in [-0.05, 0) is 61.1 Å². The Kier molecular flexibility index (Phi) is 6.08. The molecule has 2 heterocycles. The molecule has 0 amide bonds. The molecule has 1 N–H and O–H groups in total. The standard InChI is InChI=1S/C23H21BrFN3O2/c24-17-6-2-5-16(13-17)21-8-3-11-28(21)23-26-14-19(22(29)30)20(27-23)10-9-15-4-1-7-18(25)12-15/h1-2,4-7,12-14,21H,3,8-11H2,(H,29,30)/t21-/m0/s1. The van der Waals surface area contributed by atoms with Crippen LogP contribution in [0.4, 0.5) is 10.3 Å². The van der Waals surface area contributed by atoms with E-state index >= 15 is 0 Å². The Hall–Kier alpha value is -2.80. The van der Waals surface area contributed by atoms with Crippen molar-refractivity contribution in [2.75, 3.05) is 11.4 Å². The van der Waals surface area contributed by atoms with E-state index in [1.54, 1.807) is 6.07 Å². The van der Waals surface area contributed by atoms with E-state index in [4.69, 9.17) is 0 Å². The molecule has 0 unspecified atom stereocenters. The summed E-state index contributed by atoms with van der Waals surface area (Å²) in [6.45, 7) is 0.812. The first kappa shape index (κ1) is 20.5. The summed E-state index contributed by atoms with van der Waals surface area (Å²) in [6.07, 6.45) is 4.29. The molecule has 5 nitrogen and oxygen atoms in total. The molecule has 1 aromatic heterocycles. The zero-order chi connectivity index (χ0) is 21.1. The molecular weight excluding hydrogens is 449 g/mol. The molecule has 0 saturated carbocycles. The fraction of sp³-hybridized carbons (Fsp3) is 0.261. The van der Waals surface area contributed by atoms with E-state index < -0.39 is 5.97 Å². The fourth-order valence-corrected chi connectivity index (χ4v) is 4.35. The van der Waals surface area contributed by atoms with Gasteiger partial charge in [-0.3, -0.25) is 0 Å². The van der Waals surface area contributed by atoms with Crippen molar-refractivity contribution in [2.24, 2.45) is 0 Å². The van der Waals surface area contributed by atoms with Crippen molar-refractivity contribution in [3.8, 4) is 0 Å². The minimum atomic E-state index is -1.05. The number of aromatic nitrogens is 2. The maximum absolute atomic E-state index is 13.5. The van der Waals surface area contributed by atoms with Crippen LogP contribution in [-0.2, 0) is 12.8 Å². The van der Waals surface area contributed by atoms with E-state index in [2.05, 4.69) is 42.9 Å². The van der Waals surface area contributed by atoms with E-state index in [0.29, 0.717) is 24.5 Å². The molecule has 4 rings (SSSR count). The number of nitrogens with zero attached hydrogens (tertiary/aromatic N) is 3. The minimum Gasteiger partial charge on any atom is -0.478 e. The zero-order valence-electron chi connectivity index (χ0n) is 16.3. The minimum absolute atomic E-state index is 0.0911. The third-order valence-electron chi connectivity index (χ3n) is 5.37. The summed E-state index contributed by atoms with van der Waals surface area (Å²) in [7, 11) is 0. The van der Waals surface area contributed by atoms with Crippen molar-refractivity contribution in [2.45, 2.75) is 31.7 Å². The van der Waals surface area contributed by atoms with Crippen molar-refractivity contribution >= 4 is 27.8 Å². The fourth-order valence-electron chi connectivity index (χ4n) is 3.94. The van der Waals surface area contributed by atoms with Crippen LogP contribution in [0, 0.1) is 5.82 Å². The third kappa shape index (κ3) is 4.51. The molecule has 0 aliphatic carbocycles. The Morgan fingerprint density at radius 3 is 2.80 bits per heavy atom. The second kappa shape index (κ2) is 8.92. The Morgan fingerprint density at radius 2 is 2.03 bits per heavy atom. The Bertz CT molecular complexity index is 1080. The van der Waals surface area contributed by atoms with Crippen molar-refractivity contribution < 1.29 is 14.3 Å². The molecular formula is C23H21BrFN3O2. The number of hydrogen-bond acceptors (Lipinski definition) is 4. The van der Waals surface area contributed by atoms with Gasteiger partial charge in [0.15, 0.2) is 0 Å². The number of carboxylic acids is 1. The lowest BCUT2D eigenvalue weighted by molar-refractivity contribution is 0.0694. The SMILES string of the molecule is O=C(O)c1cnc(N2CCC[C@H]2c2cccc(Br)c2)nc1CCc1cccc(F)c1. The number of rotatable bonds is 6. The molecule has 3 aromatic rings. The lowest BCUT2D eigenvalue weighted by atomic mass is 10.0. The van der Waals surface area contributed by atoms with Crippen LogP contribution in [0.25, 0.3) is 0 Å². The highest BCUT2D eigenvalue weighted by Gasteiger charge is 2.29. The number of anilines is 1. The van der Waals surface area contributed by atoms with Gasteiger partial charge in [0.1, 0.15) is 5.82 Å². The number of carboxylic acid groups (broad SMARTS) is 1. The van der Waals surface area contributed by atoms with Crippen molar-refractivity contribution in [3.63, 3.8) is 0 Å². The lowest BCUT2D eigenvalue weighted by Gasteiger charge is -2.25. The topological polar surface area (TPSA) is 66.3 Å². The van der Waals surface area contributed by atoms with Gasteiger partial charge in [-0.2, -0.15) is 0 Å². The highest BCUT2D eigenvalue weighted by molar-refractivity contribution is 9.10. The van der Waals surface area contributed by atoms with Crippen LogP contribution in [0.15, 0.2) is 59.2 Å². The first-order valence-corrected chi connectivity index (χ1v) is 10.7. The van der Waals surface area contributed by atoms with Crippen LogP contribution in [0.2, 0.25) is 0 Å². The van der Waals surface area contributed by atoms with Crippen molar-refractivity contribution in [1.82, 2.24) is 9.97 Å². The highest BCUT2D eigenvalue weighted by Crippen LogP contribution is 2.35. The largest absolute Gasteiger partial charge is 0.478 e. The molecule has 1 aliphatic rings. The van der Waals surface area contributed by atoms with E-state index in [1.165, 1.54) is 23.9 Å². The Labute approximate surface area is 182 Å². The van der Waals surface area contributed by atoms with E-state index in [0.717, 1.165) is 29.4 Å². The van der Waals surface area contributed by atoms with Crippen LogP contribution >= 0.6 is 15.9 Å². The molecule has 154 valence electrons. The van der Waals surface area contributed by atoms with Gasteiger partial charge >= 0.3 is 5.97 Å². The molecule has 0 bridgehead atoms. The molecule has 0 radical (unpaired) electrons. The number of aryl methyl sites for hydroxylation is 2. The number of hydrogen-bond donors (Lipinski definition) is 1. The first-order chi connectivity index (χ1) is 14.5. The molecule has 7 heteroatoms. The second-order valence-electron chi connectivity index (χ2n) is 7.37. The number of halogens is 2. The zero-order valence-corrected chi connectivity index (χ0v) is 17.8. The van der Waals surface area contributed by atoms with Crippen molar-refractivity contribution in [1.29, 1.82) is 0 Å². The summed E-state index contributed by atoms with van der Waals surface area (Å²) in [5, 5.41) is 9.56. The lowest BCUT2D eigenvalue weighted by Crippen LogP contribution is -2.25. The van der Waals surface area contributed by atoms with Gasteiger partial charge in [0, 0.05) is 17.2 Å². The number of aromatic carboxylic acids is 1. The summed E-state index contributed by atoms with van der Waals surface area (Å²) in [5.74, 6) is -0.819. The third-order valence-corrected chi connectivity index (χ3v) is 5.86. The van der Waals surface area contributed by atoms with Crippen LogP contribution in [0.1, 0.15) is 46.1 Å². The summed E-state index contributed by atoms with van der Waals surface area (Å²) in [4.78, 5) is 22.8. The quantitative estimate of drug-likeness (QED) is 0.536. The smallest absolute Gasteiger partial charge is 0.339 e. The van der Waals surface area contributed by atoms with Gasteiger partial charge in [-0.1, -0.05) is 40.2 Å². The summed E-state index contributed by atoms with van der Waals surface area (Å²) < 4.78 is 14.5. The monoisotopic (exact) mass is 469 g/mol. The molecule has 30 heavy (non-hydrogen) atoms. The van der Waals surface area contributed by atoms with Gasteiger partial charge in [-0.25, -0.2) is 19.2 Å². The van der Waals surface area contributed by atoms with Crippen LogP contribution < -0.4 is 4.90 Å². The second-order valence-corrected chi connectivity index (χ2v) is 8.29.